The predicted octanol–water partition coefficient (Wildman–Crippen LogP) is 2.51. The van der Waals surface area contributed by atoms with Crippen molar-refractivity contribution in [2.45, 2.75) is 6.54 Å². The second-order valence-corrected chi connectivity index (χ2v) is 6.78. The fourth-order valence-corrected chi connectivity index (χ4v) is 2.97. The van der Waals surface area contributed by atoms with Crippen LogP contribution in [-0.2, 0) is 16.6 Å². The molecule has 0 saturated carbocycles. The van der Waals surface area contributed by atoms with Gasteiger partial charge < -0.3 is 14.2 Å². The summed E-state index contributed by atoms with van der Waals surface area (Å²) in [4.78, 5) is 0. The largest absolute Gasteiger partial charge is 0.497 e. The highest BCUT2D eigenvalue weighted by atomic mass is 32.2. The second kappa shape index (κ2) is 6.94. The third-order valence-corrected chi connectivity index (χ3v) is 4.51. The number of sulfonamides is 1. The molecule has 0 bridgehead atoms. The van der Waals surface area contributed by atoms with Gasteiger partial charge in [-0.3, -0.25) is 0 Å². The Morgan fingerprint density at radius 2 is 1.88 bits per heavy atom. The number of hydrogen-bond donors (Lipinski definition) is 1. The quantitative estimate of drug-likeness (QED) is 0.869. The zero-order valence-corrected chi connectivity index (χ0v) is 13.9. The lowest BCUT2D eigenvalue weighted by Gasteiger charge is -2.04. The molecule has 126 valence electrons. The van der Waals surface area contributed by atoms with Gasteiger partial charge >= 0.3 is 0 Å². The van der Waals surface area contributed by atoms with E-state index >= 15 is 0 Å². The van der Waals surface area contributed by atoms with Crippen LogP contribution in [0.25, 0.3) is 6.08 Å². The third-order valence-electron chi connectivity index (χ3n) is 3.47. The molecule has 0 atom stereocenters. The van der Waals surface area contributed by atoms with E-state index in [2.05, 4.69) is 4.72 Å². The van der Waals surface area contributed by atoms with Crippen LogP contribution in [0.2, 0.25) is 0 Å². The summed E-state index contributed by atoms with van der Waals surface area (Å²) in [6.07, 6.45) is 1.53. The minimum absolute atomic E-state index is 0.173. The van der Waals surface area contributed by atoms with Crippen molar-refractivity contribution in [3.05, 3.63) is 59.0 Å². The van der Waals surface area contributed by atoms with Crippen molar-refractivity contribution in [3.63, 3.8) is 0 Å². The molecule has 0 fully saturated rings. The Bertz CT molecular complexity index is 844. The molecule has 0 radical (unpaired) electrons. The van der Waals surface area contributed by atoms with Crippen LogP contribution in [0.4, 0.5) is 0 Å². The first-order valence-corrected chi connectivity index (χ1v) is 8.81. The summed E-state index contributed by atoms with van der Waals surface area (Å²) >= 11 is 0. The molecule has 1 aliphatic rings. The maximum atomic E-state index is 12.1. The number of benzene rings is 2. The van der Waals surface area contributed by atoms with Crippen LogP contribution in [0, 0.1) is 0 Å². The molecule has 7 heteroatoms. The molecule has 24 heavy (non-hydrogen) atoms. The number of methoxy groups -OCH3 is 1. The van der Waals surface area contributed by atoms with Crippen molar-refractivity contribution in [2.24, 2.45) is 0 Å². The Hall–Kier alpha value is -2.51. The van der Waals surface area contributed by atoms with Crippen LogP contribution in [-0.4, -0.2) is 22.3 Å². The summed E-state index contributed by atoms with van der Waals surface area (Å²) in [5, 5.41) is 1.14. The van der Waals surface area contributed by atoms with Gasteiger partial charge in [0, 0.05) is 12.0 Å². The Labute approximate surface area is 140 Å². The van der Waals surface area contributed by atoms with E-state index in [4.69, 9.17) is 14.2 Å². The van der Waals surface area contributed by atoms with Gasteiger partial charge in [-0.25, -0.2) is 13.1 Å². The van der Waals surface area contributed by atoms with Gasteiger partial charge in [-0.2, -0.15) is 0 Å². The van der Waals surface area contributed by atoms with E-state index in [1.54, 1.807) is 49.6 Å². The van der Waals surface area contributed by atoms with Crippen molar-refractivity contribution >= 4 is 16.1 Å². The smallest absolute Gasteiger partial charge is 0.234 e. The molecule has 2 aromatic rings. The maximum Gasteiger partial charge on any atom is 0.234 e. The van der Waals surface area contributed by atoms with Crippen LogP contribution in [0.15, 0.2) is 47.9 Å². The van der Waals surface area contributed by atoms with Crippen molar-refractivity contribution < 1.29 is 22.6 Å². The average molecular weight is 347 g/mol. The standard InChI is InChI=1S/C17H17NO5S/c1-21-15-5-2-13(3-6-15)8-9-24(19,20)18-11-14-4-7-16-17(10-14)23-12-22-16/h2-10,18H,11-12H2,1H3/b9-8+. The first kappa shape index (κ1) is 16.4. The van der Waals surface area contributed by atoms with Gasteiger partial charge in [0.2, 0.25) is 16.8 Å². The molecule has 3 rings (SSSR count). The third kappa shape index (κ3) is 4.06. The molecular formula is C17H17NO5S. The van der Waals surface area contributed by atoms with Gasteiger partial charge in [-0.05, 0) is 41.5 Å². The lowest BCUT2D eigenvalue weighted by molar-refractivity contribution is 0.174. The number of nitrogens with one attached hydrogen (secondary N) is 1. The van der Waals surface area contributed by atoms with Crippen molar-refractivity contribution in [2.75, 3.05) is 13.9 Å². The van der Waals surface area contributed by atoms with Gasteiger partial charge in [0.05, 0.1) is 7.11 Å². The molecule has 0 saturated heterocycles. The van der Waals surface area contributed by atoms with Crippen molar-refractivity contribution in [1.29, 1.82) is 0 Å². The normalized spacial score (nSPS) is 13.4. The molecule has 0 aromatic heterocycles. The van der Waals surface area contributed by atoms with Crippen LogP contribution < -0.4 is 18.9 Å². The van der Waals surface area contributed by atoms with Gasteiger partial charge in [0.15, 0.2) is 11.5 Å². The van der Waals surface area contributed by atoms with Crippen molar-refractivity contribution in [1.82, 2.24) is 4.72 Å². The summed E-state index contributed by atoms with van der Waals surface area (Å²) in [5.74, 6) is 2.01. The molecule has 0 amide bonds. The SMILES string of the molecule is COc1ccc(/C=C/S(=O)(=O)NCc2ccc3c(c2)OCO3)cc1. The summed E-state index contributed by atoms with van der Waals surface area (Å²) < 4.78 is 42.2. The first-order chi connectivity index (χ1) is 11.6. The van der Waals surface area contributed by atoms with E-state index in [0.717, 1.165) is 22.3 Å². The lowest BCUT2D eigenvalue weighted by Crippen LogP contribution is -2.20. The minimum atomic E-state index is -3.54. The molecular weight excluding hydrogens is 330 g/mol. The summed E-state index contributed by atoms with van der Waals surface area (Å²) in [7, 11) is -1.96. The zero-order chi connectivity index (χ0) is 17.0. The summed E-state index contributed by atoms with van der Waals surface area (Å²) in [6, 6.07) is 12.4. The number of ether oxygens (including phenoxy) is 3. The molecule has 0 aliphatic carbocycles. The predicted molar refractivity (Wildman–Crippen MR) is 90.4 cm³/mol. The van der Waals surface area contributed by atoms with E-state index in [1.165, 1.54) is 6.08 Å². The highest BCUT2D eigenvalue weighted by Crippen LogP contribution is 2.32. The Morgan fingerprint density at radius 3 is 2.62 bits per heavy atom. The van der Waals surface area contributed by atoms with Gasteiger partial charge in [-0.1, -0.05) is 18.2 Å². The number of hydrogen-bond acceptors (Lipinski definition) is 5. The molecule has 6 nitrogen and oxygen atoms in total. The maximum absolute atomic E-state index is 12.1. The van der Waals surface area contributed by atoms with Gasteiger partial charge in [-0.15, -0.1) is 0 Å². The van der Waals surface area contributed by atoms with Crippen LogP contribution in [0.3, 0.4) is 0 Å². The Kier molecular flexibility index (Phi) is 4.73. The summed E-state index contributed by atoms with van der Waals surface area (Å²) in [6.45, 7) is 0.362. The van der Waals surface area contributed by atoms with Crippen molar-refractivity contribution in [3.8, 4) is 17.2 Å². The molecule has 1 N–H and O–H groups in total. The van der Waals surface area contributed by atoms with Crippen LogP contribution >= 0.6 is 0 Å². The Morgan fingerprint density at radius 1 is 1.12 bits per heavy atom. The molecule has 1 heterocycles. The first-order valence-electron chi connectivity index (χ1n) is 7.26. The highest BCUT2D eigenvalue weighted by Gasteiger charge is 2.14. The van der Waals surface area contributed by atoms with E-state index < -0.39 is 10.0 Å². The second-order valence-electron chi connectivity index (χ2n) is 5.13. The highest BCUT2D eigenvalue weighted by molar-refractivity contribution is 7.92. The lowest BCUT2D eigenvalue weighted by atomic mass is 10.2. The van der Waals surface area contributed by atoms with Gasteiger partial charge in [0.1, 0.15) is 5.75 Å². The topological polar surface area (TPSA) is 73.9 Å². The monoisotopic (exact) mass is 347 g/mol. The van der Waals surface area contributed by atoms with Gasteiger partial charge in [0.25, 0.3) is 0 Å². The summed E-state index contributed by atoms with van der Waals surface area (Å²) in [5.41, 5.74) is 1.56. The van der Waals surface area contributed by atoms with E-state index in [1.807, 2.05) is 0 Å². The Balaban J connectivity index is 1.62. The van der Waals surface area contributed by atoms with E-state index in [0.29, 0.717) is 11.5 Å². The number of fused-ring (bicyclic) bond motifs is 1. The fraction of sp³-hybridized carbons (Fsp3) is 0.176. The van der Waals surface area contributed by atoms with E-state index in [-0.39, 0.29) is 13.3 Å². The molecule has 1 aliphatic heterocycles. The average Bonchev–Trinajstić information content (AvgIpc) is 3.06. The zero-order valence-electron chi connectivity index (χ0n) is 13.1. The fourth-order valence-electron chi connectivity index (χ4n) is 2.17. The minimum Gasteiger partial charge on any atom is -0.497 e. The van der Waals surface area contributed by atoms with Crippen LogP contribution in [0.1, 0.15) is 11.1 Å². The number of rotatable bonds is 6. The van der Waals surface area contributed by atoms with E-state index in [9.17, 15) is 8.42 Å². The molecule has 2 aromatic carbocycles. The molecule has 0 unspecified atom stereocenters. The van der Waals surface area contributed by atoms with Crippen LogP contribution in [0.5, 0.6) is 17.2 Å². The molecule has 0 spiro atoms.